The van der Waals surface area contributed by atoms with Crippen molar-refractivity contribution in [3.05, 3.63) is 33.8 Å². The van der Waals surface area contributed by atoms with Crippen LogP contribution in [0.4, 0.5) is 0 Å². The standard InChI is InChI=1S/C18H28Cl2N4O/c1-21-17(22-13-18(23(2)3)7-9-25-10-8-18)24(4)12-14-5-6-15(19)16(20)11-14/h5-6,11H,7-10,12-13H2,1-4H3,(H,21,22). The lowest BCUT2D eigenvalue weighted by Crippen LogP contribution is -2.57. The number of hydrogen-bond acceptors (Lipinski definition) is 3. The first-order chi connectivity index (χ1) is 11.9. The number of nitrogens with one attached hydrogen (secondary N) is 1. The van der Waals surface area contributed by atoms with Crippen LogP contribution in [0.25, 0.3) is 0 Å². The highest BCUT2D eigenvalue weighted by Gasteiger charge is 2.35. The summed E-state index contributed by atoms with van der Waals surface area (Å²) in [6, 6.07) is 5.71. The van der Waals surface area contributed by atoms with Crippen molar-refractivity contribution in [1.29, 1.82) is 0 Å². The number of rotatable bonds is 5. The third kappa shape index (κ3) is 5.23. The van der Waals surface area contributed by atoms with Crippen molar-refractivity contribution in [2.45, 2.75) is 24.9 Å². The van der Waals surface area contributed by atoms with Crippen LogP contribution in [0, 0.1) is 0 Å². The number of guanidine groups is 1. The predicted molar refractivity (Wildman–Crippen MR) is 106 cm³/mol. The van der Waals surface area contributed by atoms with E-state index in [9.17, 15) is 0 Å². The fourth-order valence-corrected chi connectivity index (χ4v) is 3.47. The number of benzene rings is 1. The first-order valence-corrected chi connectivity index (χ1v) is 9.24. The summed E-state index contributed by atoms with van der Waals surface area (Å²) >= 11 is 12.1. The molecule has 0 amide bonds. The third-order valence-corrected chi connectivity index (χ3v) is 5.66. The van der Waals surface area contributed by atoms with Gasteiger partial charge in [-0.25, -0.2) is 0 Å². The maximum atomic E-state index is 6.11. The molecule has 1 aromatic rings. The Morgan fingerprint density at radius 2 is 1.88 bits per heavy atom. The largest absolute Gasteiger partial charge is 0.381 e. The van der Waals surface area contributed by atoms with Gasteiger partial charge in [0.05, 0.1) is 10.0 Å². The molecule has 25 heavy (non-hydrogen) atoms. The molecule has 1 saturated heterocycles. The molecule has 0 aromatic heterocycles. The Morgan fingerprint density at radius 1 is 1.20 bits per heavy atom. The molecular formula is C18H28Cl2N4O. The van der Waals surface area contributed by atoms with Crippen molar-refractivity contribution in [3.8, 4) is 0 Å². The molecule has 0 saturated carbocycles. The number of likely N-dealkylation sites (N-methyl/N-ethyl adjacent to an activating group) is 1. The predicted octanol–water partition coefficient (Wildman–Crippen LogP) is 3.11. The maximum Gasteiger partial charge on any atom is 0.193 e. The monoisotopic (exact) mass is 386 g/mol. The highest BCUT2D eigenvalue weighted by molar-refractivity contribution is 6.42. The number of nitrogens with zero attached hydrogens (tertiary/aromatic N) is 3. The Balaban J connectivity index is 1.99. The average molecular weight is 387 g/mol. The van der Waals surface area contributed by atoms with E-state index in [0.29, 0.717) is 16.6 Å². The second-order valence-corrected chi connectivity index (χ2v) is 7.55. The van der Waals surface area contributed by atoms with Crippen LogP contribution in [0.5, 0.6) is 0 Å². The van der Waals surface area contributed by atoms with Gasteiger partial charge in [-0.15, -0.1) is 0 Å². The summed E-state index contributed by atoms with van der Waals surface area (Å²) in [5.41, 5.74) is 1.19. The van der Waals surface area contributed by atoms with Crippen molar-refractivity contribution in [1.82, 2.24) is 15.1 Å². The lowest BCUT2D eigenvalue weighted by Gasteiger charge is -2.43. The fourth-order valence-electron chi connectivity index (χ4n) is 3.15. The van der Waals surface area contributed by atoms with E-state index in [1.54, 1.807) is 7.05 Å². The highest BCUT2D eigenvalue weighted by Crippen LogP contribution is 2.25. The Hall–Kier alpha value is -1.01. The molecule has 2 rings (SSSR count). The Labute approximate surface area is 160 Å². The topological polar surface area (TPSA) is 40.1 Å². The summed E-state index contributed by atoms with van der Waals surface area (Å²) in [5, 5.41) is 4.67. The minimum atomic E-state index is 0.0958. The van der Waals surface area contributed by atoms with Crippen molar-refractivity contribution in [2.75, 3.05) is 47.9 Å². The second-order valence-electron chi connectivity index (χ2n) is 6.74. The van der Waals surface area contributed by atoms with Gasteiger partial charge in [-0.1, -0.05) is 29.3 Å². The molecule has 1 aromatic carbocycles. The summed E-state index contributed by atoms with van der Waals surface area (Å²) in [6.45, 7) is 3.14. The highest BCUT2D eigenvalue weighted by atomic mass is 35.5. The number of hydrogen-bond donors (Lipinski definition) is 1. The van der Waals surface area contributed by atoms with Gasteiger partial charge in [-0.3, -0.25) is 4.99 Å². The molecular weight excluding hydrogens is 359 g/mol. The zero-order chi connectivity index (χ0) is 18.4. The van der Waals surface area contributed by atoms with Gasteiger partial charge in [0.1, 0.15) is 0 Å². The molecule has 0 aliphatic carbocycles. The van der Waals surface area contributed by atoms with E-state index in [4.69, 9.17) is 27.9 Å². The van der Waals surface area contributed by atoms with E-state index in [1.165, 1.54) is 0 Å². The first kappa shape index (κ1) is 20.3. The molecule has 0 radical (unpaired) electrons. The van der Waals surface area contributed by atoms with Gasteiger partial charge in [-0.05, 0) is 44.6 Å². The average Bonchev–Trinajstić information content (AvgIpc) is 2.59. The van der Waals surface area contributed by atoms with Gasteiger partial charge >= 0.3 is 0 Å². The van der Waals surface area contributed by atoms with Crippen LogP contribution < -0.4 is 5.32 Å². The van der Waals surface area contributed by atoms with Crippen molar-refractivity contribution in [3.63, 3.8) is 0 Å². The van der Waals surface area contributed by atoms with Crippen molar-refractivity contribution >= 4 is 29.2 Å². The zero-order valence-corrected chi connectivity index (χ0v) is 17.0. The van der Waals surface area contributed by atoms with E-state index in [2.05, 4.69) is 34.2 Å². The molecule has 1 aliphatic heterocycles. The van der Waals surface area contributed by atoms with Gasteiger partial charge in [0.25, 0.3) is 0 Å². The molecule has 1 fully saturated rings. The van der Waals surface area contributed by atoms with Crippen molar-refractivity contribution < 1.29 is 4.74 Å². The van der Waals surface area contributed by atoms with Crippen LogP contribution in [-0.4, -0.2) is 69.2 Å². The summed E-state index contributed by atoms with van der Waals surface area (Å²) in [4.78, 5) is 8.81. The van der Waals surface area contributed by atoms with Crippen LogP contribution in [0.1, 0.15) is 18.4 Å². The minimum Gasteiger partial charge on any atom is -0.381 e. The summed E-state index contributed by atoms with van der Waals surface area (Å²) in [5.74, 6) is 0.860. The van der Waals surface area contributed by atoms with E-state index in [-0.39, 0.29) is 5.54 Å². The van der Waals surface area contributed by atoms with Gasteiger partial charge in [0.2, 0.25) is 0 Å². The number of ether oxygens (including phenoxy) is 1. The lowest BCUT2D eigenvalue weighted by molar-refractivity contribution is -0.00522. The van der Waals surface area contributed by atoms with E-state index in [0.717, 1.165) is 44.1 Å². The van der Waals surface area contributed by atoms with Gasteiger partial charge in [0.15, 0.2) is 5.96 Å². The normalized spacial score (nSPS) is 17.6. The molecule has 7 heteroatoms. The van der Waals surface area contributed by atoms with Gasteiger partial charge in [-0.2, -0.15) is 0 Å². The van der Waals surface area contributed by atoms with Crippen LogP contribution in [0.3, 0.4) is 0 Å². The summed E-state index contributed by atoms with van der Waals surface area (Å²) < 4.78 is 5.54. The molecule has 0 unspecified atom stereocenters. The lowest BCUT2D eigenvalue weighted by atomic mass is 9.88. The molecule has 140 valence electrons. The van der Waals surface area contributed by atoms with Crippen LogP contribution in [-0.2, 0) is 11.3 Å². The van der Waals surface area contributed by atoms with Crippen LogP contribution >= 0.6 is 23.2 Å². The Morgan fingerprint density at radius 3 is 2.44 bits per heavy atom. The van der Waals surface area contributed by atoms with Crippen molar-refractivity contribution in [2.24, 2.45) is 4.99 Å². The molecule has 5 nitrogen and oxygen atoms in total. The maximum absolute atomic E-state index is 6.11. The second kappa shape index (κ2) is 9.08. The molecule has 1 aliphatic rings. The first-order valence-electron chi connectivity index (χ1n) is 8.49. The SMILES string of the molecule is CN=C(NCC1(N(C)C)CCOCC1)N(C)Cc1ccc(Cl)c(Cl)c1. The summed E-state index contributed by atoms with van der Waals surface area (Å²) in [6.07, 6.45) is 2.03. The number of halogens is 2. The quantitative estimate of drug-likeness (QED) is 0.623. The van der Waals surface area contributed by atoms with Gasteiger partial charge < -0.3 is 19.9 Å². The van der Waals surface area contributed by atoms with E-state index in [1.807, 2.05) is 25.2 Å². The van der Waals surface area contributed by atoms with Gasteiger partial charge in [0, 0.05) is 45.9 Å². The Bertz CT molecular complexity index is 601. The number of aliphatic imine (C=N–C) groups is 1. The molecule has 0 spiro atoms. The fraction of sp³-hybridized carbons (Fsp3) is 0.611. The molecule has 1 N–H and O–H groups in total. The Kier molecular flexibility index (Phi) is 7.37. The molecule has 0 atom stereocenters. The van der Waals surface area contributed by atoms with Crippen LogP contribution in [0.15, 0.2) is 23.2 Å². The molecule has 1 heterocycles. The van der Waals surface area contributed by atoms with E-state index < -0.39 is 0 Å². The minimum absolute atomic E-state index is 0.0958. The smallest absolute Gasteiger partial charge is 0.193 e. The van der Waals surface area contributed by atoms with Crippen LogP contribution in [0.2, 0.25) is 10.0 Å². The molecule has 0 bridgehead atoms. The third-order valence-electron chi connectivity index (χ3n) is 4.92. The summed E-state index contributed by atoms with van der Waals surface area (Å²) in [7, 11) is 8.09. The zero-order valence-electron chi connectivity index (χ0n) is 15.5. The van der Waals surface area contributed by atoms with E-state index >= 15 is 0 Å².